The van der Waals surface area contributed by atoms with Crippen LogP contribution in [0.3, 0.4) is 0 Å². The van der Waals surface area contributed by atoms with E-state index in [0.29, 0.717) is 17.4 Å². The Morgan fingerprint density at radius 1 is 1.26 bits per heavy atom. The smallest absolute Gasteiger partial charge is 0.314 e. The summed E-state index contributed by atoms with van der Waals surface area (Å²) in [6, 6.07) is 2.33. The second kappa shape index (κ2) is 6.80. The van der Waals surface area contributed by atoms with E-state index in [1.165, 1.54) is 19.4 Å². The number of nitrogens with zero attached hydrogens (tertiary/aromatic N) is 5. The minimum Gasteiger partial charge on any atom is -0.348 e. The van der Waals surface area contributed by atoms with E-state index >= 15 is 0 Å². The van der Waals surface area contributed by atoms with Gasteiger partial charge < -0.3 is 9.80 Å². The van der Waals surface area contributed by atoms with Crippen molar-refractivity contribution in [2.24, 2.45) is 0 Å². The lowest BCUT2D eigenvalue weighted by Gasteiger charge is -2.42. The van der Waals surface area contributed by atoms with Crippen LogP contribution in [0.1, 0.15) is 18.4 Å². The molecule has 0 amide bonds. The number of rotatable bonds is 3. The Labute approximate surface area is 137 Å². The fraction of sp³-hybridized carbons (Fsp3) is 0.688. The summed E-state index contributed by atoms with van der Waals surface area (Å²) in [4.78, 5) is 22.3. The van der Waals surface area contributed by atoms with E-state index in [4.69, 9.17) is 0 Å². The van der Waals surface area contributed by atoms with Crippen molar-refractivity contribution in [3.05, 3.63) is 27.9 Å². The average molecular weight is 319 g/mol. The first-order valence-corrected chi connectivity index (χ1v) is 8.34. The summed E-state index contributed by atoms with van der Waals surface area (Å²) in [6.07, 6.45) is 4.18. The number of pyridine rings is 1. The van der Waals surface area contributed by atoms with Gasteiger partial charge in [0.05, 0.1) is 4.92 Å². The normalized spacial score (nSPS) is 23.9. The summed E-state index contributed by atoms with van der Waals surface area (Å²) in [6.45, 7) is 7.60. The summed E-state index contributed by atoms with van der Waals surface area (Å²) in [5.41, 5.74) is 0.828. The number of likely N-dealkylation sites (N-methyl/N-ethyl adjacent to an activating group) is 1. The highest BCUT2D eigenvalue weighted by Crippen LogP contribution is 2.30. The van der Waals surface area contributed by atoms with Crippen LogP contribution in [0.15, 0.2) is 12.3 Å². The van der Waals surface area contributed by atoms with Gasteiger partial charge in [-0.05, 0) is 39.4 Å². The standard InChI is InChI=1S/C16H25N5O2/c1-13-5-6-17-16(15(13)21(22)23)20-10-8-19(9-11-20)14-4-3-7-18(2)12-14/h5-6,14H,3-4,7-12H2,1-2H3. The van der Waals surface area contributed by atoms with Crippen molar-refractivity contribution in [3.8, 4) is 0 Å². The quantitative estimate of drug-likeness (QED) is 0.621. The molecule has 0 aliphatic carbocycles. The van der Waals surface area contributed by atoms with Gasteiger partial charge in [-0.1, -0.05) is 0 Å². The molecule has 0 radical (unpaired) electrons. The number of hydrogen-bond donors (Lipinski definition) is 0. The van der Waals surface area contributed by atoms with Gasteiger partial charge in [0.25, 0.3) is 0 Å². The first-order valence-electron chi connectivity index (χ1n) is 8.34. The molecule has 7 nitrogen and oxygen atoms in total. The van der Waals surface area contributed by atoms with Crippen molar-refractivity contribution < 1.29 is 4.92 Å². The monoisotopic (exact) mass is 319 g/mol. The molecular weight excluding hydrogens is 294 g/mol. The van der Waals surface area contributed by atoms with Gasteiger partial charge in [-0.15, -0.1) is 0 Å². The highest BCUT2D eigenvalue weighted by Gasteiger charge is 2.30. The molecule has 7 heteroatoms. The zero-order chi connectivity index (χ0) is 16.4. The molecule has 2 saturated heterocycles. The van der Waals surface area contributed by atoms with E-state index in [9.17, 15) is 10.1 Å². The molecule has 23 heavy (non-hydrogen) atoms. The van der Waals surface area contributed by atoms with E-state index in [1.54, 1.807) is 19.2 Å². The van der Waals surface area contributed by atoms with Crippen molar-refractivity contribution in [1.29, 1.82) is 0 Å². The number of anilines is 1. The van der Waals surface area contributed by atoms with Crippen LogP contribution in [-0.2, 0) is 0 Å². The van der Waals surface area contributed by atoms with Gasteiger partial charge in [-0.2, -0.15) is 0 Å². The predicted molar refractivity (Wildman–Crippen MR) is 89.9 cm³/mol. The van der Waals surface area contributed by atoms with Crippen LogP contribution >= 0.6 is 0 Å². The highest BCUT2D eigenvalue weighted by molar-refractivity contribution is 5.61. The van der Waals surface area contributed by atoms with Gasteiger partial charge in [0, 0.05) is 50.5 Å². The Morgan fingerprint density at radius 2 is 2.00 bits per heavy atom. The third-order valence-corrected chi connectivity index (χ3v) is 5.02. The van der Waals surface area contributed by atoms with Crippen molar-refractivity contribution >= 4 is 11.5 Å². The van der Waals surface area contributed by atoms with E-state index in [0.717, 1.165) is 32.7 Å². The van der Waals surface area contributed by atoms with Crippen molar-refractivity contribution in [2.45, 2.75) is 25.8 Å². The molecule has 0 N–H and O–H groups in total. The van der Waals surface area contributed by atoms with Crippen molar-refractivity contribution in [1.82, 2.24) is 14.8 Å². The third-order valence-electron chi connectivity index (χ3n) is 5.02. The molecule has 1 unspecified atom stereocenters. The summed E-state index contributed by atoms with van der Waals surface area (Å²) in [5.74, 6) is 0.524. The molecular formula is C16H25N5O2. The lowest BCUT2D eigenvalue weighted by atomic mass is 10.0. The Hall–Kier alpha value is -1.73. The Morgan fingerprint density at radius 3 is 2.65 bits per heavy atom. The minimum atomic E-state index is -0.305. The summed E-state index contributed by atoms with van der Waals surface area (Å²) >= 11 is 0. The van der Waals surface area contributed by atoms with Crippen LogP contribution < -0.4 is 4.90 Å². The Kier molecular flexibility index (Phi) is 4.77. The van der Waals surface area contributed by atoms with Crippen LogP contribution in [0.2, 0.25) is 0 Å². The van der Waals surface area contributed by atoms with Crippen molar-refractivity contribution in [2.75, 3.05) is 51.2 Å². The number of aromatic nitrogens is 1. The van der Waals surface area contributed by atoms with Crippen LogP contribution in [0.5, 0.6) is 0 Å². The fourth-order valence-electron chi connectivity index (χ4n) is 3.73. The van der Waals surface area contributed by atoms with E-state index in [-0.39, 0.29) is 10.6 Å². The zero-order valence-corrected chi connectivity index (χ0v) is 13.9. The number of piperazine rings is 1. The number of nitro groups is 1. The molecule has 0 bridgehead atoms. The molecule has 2 aliphatic heterocycles. The molecule has 0 spiro atoms. The molecule has 0 aromatic carbocycles. The maximum atomic E-state index is 11.4. The lowest BCUT2D eigenvalue weighted by Crippen LogP contribution is -2.54. The largest absolute Gasteiger partial charge is 0.348 e. The van der Waals surface area contributed by atoms with Crippen LogP contribution in [-0.4, -0.2) is 72.1 Å². The Bertz CT molecular complexity index is 572. The number of piperidine rings is 1. The SMILES string of the molecule is Cc1ccnc(N2CCN(C3CCCN(C)C3)CC2)c1[N+](=O)[O-]. The maximum Gasteiger partial charge on any atom is 0.314 e. The molecule has 0 saturated carbocycles. The molecule has 3 heterocycles. The molecule has 1 atom stereocenters. The lowest BCUT2D eigenvalue weighted by molar-refractivity contribution is -0.384. The van der Waals surface area contributed by atoms with E-state index < -0.39 is 0 Å². The molecule has 2 aliphatic rings. The first kappa shape index (κ1) is 16.1. The Balaban J connectivity index is 1.68. The summed E-state index contributed by atoms with van der Waals surface area (Å²) in [7, 11) is 2.18. The van der Waals surface area contributed by atoms with Crippen LogP contribution in [0.25, 0.3) is 0 Å². The number of likely N-dealkylation sites (tertiary alicyclic amines) is 1. The summed E-state index contributed by atoms with van der Waals surface area (Å²) < 4.78 is 0. The van der Waals surface area contributed by atoms with E-state index in [2.05, 4.69) is 26.7 Å². The van der Waals surface area contributed by atoms with Gasteiger partial charge >= 0.3 is 5.69 Å². The second-order valence-corrected chi connectivity index (χ2v) is 6.64. The van der Waals surface area contributed by atoms with Crippen LogP contribution in [0.4, 0.5) is 11.5 Å². The van der Waals surface area contributed by atoms with Crippen molar-refractivity contribution in [3.63, 3.8) is 0 Å². The van der Waals surface area contributed by atoms with Crippen LogP contribution in [0, 0.1) is 17.0 Å². The molecule has 1 aromatic rings. The highest BCUT2D eigenvalue weighted by atomic mass is 16.6. The first-order chi connectivity index (χ1) is 11.1. The molecule has 126 valence electrons. The molecule has 1 aromatic heterocycles. The maximum absolute atomic E-state index is 11.4. The topological polar surface area (TPSA) is 65.8 Å². The zero-order valence-electron chi connectivity index (χ0n) is 13.9. The minimum absolute atomic E-state index is 0.151. The third kappa shape index (κ3) is 3.45. The van der Waals surface area contributed by atoms with Gasteiger partial charge in [0.2, 0.25) is 5.82 Å². The van der Waals surface area contributed by atoms with E-state index in [1.807, 2.05) is 0 Å². The summed E-state index contributed by atoms with van der Waals surface area (Å²) in [5, 5.41) is 11.4. The second-order valence-electron chi connectivity index (χ2n) is 6.64. The number of aryl methyl sites for hydroxylation is 1. The molecule has 3 rings (SSSR count). The van der Waals surface area contributed by atoms with Gasteiger partial charge in [-0.25, -0.2) is 4.98 Å². The fourth-order valence-corrected chi connectivity index (χ4v) is 3.73. The average Bonchev–Trinajstić information content (AvgIpc) is 2.54. The molecule has 2 fully saturated rings. The van der Waals surface area contributed by atoms with Gasteiger partial charge in [0.1, 0.15) is 0 Å². The van der Waals surface area contributed by atoms with Gasteiger partial charge in [-0.3, -0.25) is 15.0 Å². The van der Waals surface area contributed by atoms with Gasteiger partial charge in [0.15, 0.2) is 0 Å². The number of hydrogen-bond acceptors (Lipinski definition) is 6. The predicted octanol–water partition coefficient (Wildman–Crippen LogP) is 1.51.